The fourth-order valence-electron chi connectivity index (χ4n) is 5.34. The maximum atomic E-state index is 13.5. The van der Waals surface area contributed by atoms with E-state index in [1.165, 1.54) is 11.1 Å². The number of amides is 1. The van der Waals surface area contributed by atoms with Crippen LogP contribution < -0.4 is 19.5 Å². The number of aromatic nitrogens is 2. The van der Waals surface area contributed by atoms with E-state index < -0.39 is 0 Å². The number of hydrogen-bond acceptors (Lipinski definition) is 5. The summed E-state index contributed by atoms with van der Waals surface area (Å²) in [7, 11) is 3.23. The Morgan fingerprint density at radius 3 is 2.28 bits per heavy atom. The molecule has 0 aliphatic carbocycles. The third-order valence-electron chi connectivity index (χ3n) is 9.25. The van der Waals surface area contributed by atoms with Crippen molar-refractivity contribution in [3.8, 4) is 34.2 Å². The number of aryl methyl sites for hydroxylation is 1. The fraction of sp³-hybridized carbons (Fsp3) is 0.436. The van der Waals surface area contributed by atoms with Crippen LogP contribution in [0, 0.1) is 6.92 Å². The van der Waals surface area contributed by atoms with Gasteiger partial charge >= 0.3 is 0 Å². The summed E-state index contributed by atoms with van der Waals surface area (Å²) in [5, 5.41) is 7.95. The van der Waals surface area contributed by atoms with Crippen molar-refractivity contribution in [2.75, 3.05) is 27.4 Å². The smallest absolute Gasteiger partial charge is 0.270 e. The first-order valence-corrected chi connectivity index (χ1v) is 16.4. The van der Waals surface area contributed by atoms with Crippen molar-refractivity contribution < 1.29 is 19.0 Å². The van der Waals surface area contributed by atoms with Crippen LogP contribution in [0.2, 0.25) is 0 Å². The van der Waals surface area contributed by atoms with E-state index in [4.69, 9.17) is 19.3 Å². The highest BCUT2D eigenvalue weighted by molar-refractivity contribution is 5.94. The molecule has 4 aromatic rings. The van der Waals surface area contributed by atoms with Gasteiger partial charge in [-0.2, -0.15) is 5.10 Å². The van der Waals surface area contributed by atoms with E-state index in [0.717, 1.165) is 48.2 Å². The molecule has 0 aliphatic rings. The van der Waals surface area contributed by atoms with Gasteiger partial charge in [-0.1, -0.05) is 65.8 Å². The molecule has 1 amide bonds. The van der Waals surface area contributed by atoms with Gasteiger partial charge in [-0.05, 0) is 91.0 Å². The van der Waals surface area contributed by atoms with Gasteiger partial charge in [0, 0.05) is 23.7 Å². The molecular weight excluding hydrogens is 574 g/mol. The topological polar surface area (TPSA) is 74.6 Å². The highest BCUT2D eigenvalue weighted by atomic mass is 16.5. The number of unbranched alkanes of at least 4 members (excludes halogenated alkanes) is 1. The van der Waals surface area contributed by atoms with Gasteiger partial charge in [0.2, 0.25) is 0 Å². The van der Waals surface area contributed by atoms with Gasteiger partial charge in [0.15, 0.2) is 0 Å². The van der Waals surface area contributed by atoms with Gasteiger partial charge in [-0.15, -0.1) is 0 Å². The molecule has 7 heteroatoms. The molecule has 0 spiro atoms. The van der Waals surface area contributed by atoms with Crippen LogP contribution in [0.5, 0.6) is 17.2 Å². The first kappa shape index (κ1) is 34.6. The maximum Gasteiger partial charge on any atom is 0.270 e. The summed E-state index contributed by atoms with van der Waals surface area (Å²) in [6, 6.07) is 22.0. The van der Waals surface area contributed by atoms with E-state index in [2.05, 4.69) is 65.1 Å². The Morgan fingerprint density at radius 2 is 1.61 bits per heavy atom. The predicted octanol–water partition coefficient (Wildman–Crippen LogP) is 8.83. The second kappa shape index (κ2) is 14.9. The highest BCUT2D eigenvalue weighted by Gasteiger charge is 2.27. The van der Waals surface area contributed by atoms with E-state index in [1.807, 2.05) is 55.5 Å². The van der Waals surface area contributed by atoms with Crippen molar-refractivity contribution in [1.82, 2.24) is 15.1 Å². The van der Waals surface area contributed by atoms with Crippen LogP contribution in [-0.4, -0.2) is 43.1 Å². The van der Waals surface area contributed by atoms with Crippen molar-refractivity contribution in [1.29, 1.82) is 0 Å². The van der Waals surface area contributed by atoms with Gasteiger partial charge < -0.3 is 19.5 Å². The standard InChI is InChI=1S/C39H51N3O4/c1-10-38(4,5)28-17-20-35(32(24-28)39(6,7)11-2)46-22-13-12-21-40-37(43)34-26-33(31-19-18-30(44-8)25-36(31)45-9)41-42(34)29-16-14-15-27(3)23-29/h14-20,23-26H,10-13,21-22H2,1-9H3,(H,40,43). The lowest BCUT2D eigenvalue weighted by molar-refractivity contribution is 0.0944. The summed E-state index contributed by atoms with van der Waals surface area (Å²) in [5.74, 6) is 2.07. The van der Waals surface area contributed by atoms with Crippen molar-refractivity contribution in [2.45, 2.75) is 85.0 Å². The van der Waals surface area contributed by atoms with E-state index in [1.54, 1.807) is 18.9 Å². The SMILES string of the molecule is CCC(C)(C)c1ccc(OCCCCNC(=O)c2cc(-c3ccc(OC)cc3OC)nn2-c2cccc(C)c2)c(C(C)(C)CC)c1. The van der Waals surface area contributed by atoms with Crippen LogP contribution in [-0.2, 0) is 10.8 Å². The van der Waals surface area contributed by atoms with Crippen LogP contribution in [0.1, 0.15) is 94.4 Å². The number of nitrogens with zero attached hydrogens (tertiary/aromatic N) is 2. The number of methoxy groups -OCH3 is 2. The average Bonchev–Trinajstić information content (AvgIpc) is 3.51. The van der Waals surface area contributed by atoms with Crippen LogP contribution in [0.3, 0.4) is 0 Å². The van der Waals surface area contributed by atoms with E-state index in [9.17, 15) is 4.79 Å². The van der Waals surface area contributed by atoms with Crippen LogP contribution in [0.4, 0.5) is 0 Å². The van der Waals surface area contributed by atoms with E-state index in [-0.39, 0.29) is 16.7 Å². The Kier molecular flexibility index (Phi) is 11.2. The van der Waals surface area contributed by atoms with Crippen molar-refractivity contribution in [2.24, 2.45) is 0 Å². The predicted molar refractivity (Wildman–Crippen MR) is 187 cm³/mol. The third kappa shape index (κ3) is 7.93. The summed E-state index contributed by atoms with van der Waals surface area (Å²) < 4.78 is 19.0. The second-order valence-electron chi connectivity index (χ2n) is 13.2. The molecule has 0 unspecified atom stereocenters. The molecule has 46 heavy (non-hydrogen) atoms. The zero-order chi connectivity index (χ0) is 33.5. The summed E-state index contributed by atoms with van der Waals surface area (Å²) in [4.78, 5) is 13.5. The number of ether oxygens (including phenoxy) is 3. The molecule has 7 nitrogen and oxygen atoms in total. The van der Waals surface area contributed by atoms with Crippen molar-refractivity contribution >= 4 is 5.91 Å². The lowest BCUT2D eigenvalue weighted by Gasteiger charge is -2.30. The summed E-state index contributed by atoms with van der Waals surface area (Å²) >= 11 is 0. The van der Waals surface area contributed by atoms with Crippen LogP contribution in [0.25, 0.3) is 16.9 Å². The molecule has 0 saturated heterocycles. The van der Waals surface area contributed by atoms with Crippen molar-refractivity contribution in [3.05, 3.63) is 89.1 Å². The van der Waals surface area contributed by atoms with Gasteiger partial charge in [-0.3, -0.25) is 4.79 Å². The minimum absolute atomic E-state index is 0.0120. The maximum absolute atomic E-state index is 13.5. The quantitative estimate of drug-likeness (QED) is 0.134. The first-order chi connectivity index (χ1) is 21.9. The molecule has 1 heterocycles. The molecule has 246 valence electrons. The number of benzene rings is 3. The molecule has 1 N–H and O–H groups in total. The molecule has 3 aromatic carbocycles. The Labute approximate surface area is 275 Å². The lowest BCUT2D eigenvalue weighted by atomic mass is 9.76. The summed E-state index contributed by atoms with van der Waals surface area (Å²) in [6.45, 7) is 16.8. The molecule has 1 aromatic heterocycles. The number of carbonyl (C=O) groups excluding carboxylic acids is 1. The zero-order valence-corrected chi connectivity index (χ0v) is 29.1. The molecule has 0 saturated carbocycles. The van der Waals surface area contributed by atoms with Crippen molar-refractivity contribution in [3.63, 3.8) is 0 Å². The Hall–Kier alpha value is -4.26. The number of hydrogen-bond donors (Lipinski definition) is 1. The minimum Gasteiger partial charge on any atom is -0.497 e. The van der Waals surface area contributed by atoms with E-state index in [0.29, 0.717) is 36.0 Å². The monoisotopic (exact) mass is 625 g/mol. The summed E-state index contributed by atoms with van der Waals surface area (Å²) in [6.07, 6.45) is 3.71. The van der Waals surface area contributed by atoms with Gasteiger partial charge in [0.1, 0.15) is 22.9 Å². The third-order valence-corrected chi connectivity index (χ3v) is 9.25. The molecular formula is C39H51N3O4. The molecule has 0 radical (unpaired) electrons. The molecule has 0 aliphatic heterocycles. The zero-order valence-electron chi connectivity index (χ0n) is 29.1. The Morgan fingerprint density at radius 1 is 0.848 bits per heavy atom. The van der Waals surface area contributed by atoms with E-state index >= 15 is 0 Å². The largest absolute Gasteiger partial charge is 0.497 e. The molecule has 0 atom stereocenters. The van der Waals surface area contributed by atoms with Crippen LogP contribution >= 0.6 is 0 Å². The minimum atomic E-state index is -0.185. The highest BCUT2D eigenvalue weighted by Crippen LogP contribution is 2.39. The first-order valence-electron chi connectivity index (χ1n) is 16.4. The normalized spacial score (nSPS) is 11.8. The number of carbonyl (C=O) groups is 1. The Bertz CT molecular complexity index is 1640. The molecule has 4 rings (SSSR count). The van der Waals surface area contributed by atoms with Gasteiger partial charge in [-0.25, -0.2) is 4.68 Å². The number of nitrogens with one attached hydrogen (secondary N) is 1. The average molecular weight is 626 g/mol. The van der Waals surface area contributed by atoms with Gasteiger partial charge in [0.25, 0.3) is 5.91 Å². The molecule has 0 bridgehead atoms. The van der Waals surface area contributed by atoms with Gasteiger partial charge in [0.05, 0.1) is 32.2 Å². The summed E-state index contributed by atoms with van der Waals surface area (Å²) in [5.41, 5.74) is 6.50. The second-order valence-corrected chi connectivity index (χ2v) is 13.2. The number of rotatable bonds is 15. The fourth-order valence-corrected chi connectivity index (χ4v) is 5.34. The van der Waals surface area contributed by atoms with Crippen LogP contribution in [0.15, 0.2) is 66.7 Å². The molecule has 0 fully saturated rings. The lowest BCUT2D eigenvalue weighted by Crippen LogP contribution is -2.27. The Balaban J connectivity index is 1.45.